The van der Waals surface area contributed by atoms with E-state index in [0.717, 1.165) is 39.0 Å². The van der Waals surface area contributed by atoms with Gasteiger partial charge < -0.3 is 10.6 Å². The Morgan fingerprint density at radius 3 is 2.72 bits per heavy atom. The highest BCUT2D eigenvalue weighted by molar-refractivity contribution is 7.13. The number of amides is 1. The molecule has 3 rings (SSSR count). The van der Waals surface area contributed by atoms with Gasteiger partial charge in [0.2, 0.25) is 5.91 Å². The molecule has 128 valence electrons. The van der Waals surface area contributed by atoms with Gasteiger partial charge in [0.1, 0.15) is 5.82 Å². The fraction of sp³-hybridized carbons (Fsp3) is 0.211. The minimum atomic E-state index is -0.0702. The number of aryl methyl sites for hydroxylation is 3. The number of hydrogen-bond acceptors (Lipinski definition) is 5. The van der Waals surface area contributed by atoms with Gasteiger partial charge in [-0.1, -0.05) is 12.1 Å². The van der Waals surface area contributed by atoms with Gasteiger partial charge >= 0.3 is 0 Å². The Bertz CT molecular complexity index is 904. The molecule has 1 aromatic carbocycles. The second kappa shape index (κ2) is 7.44. The highest BCUT2D eigenvalue weighted by Crippen LogP contribution is 2.21. The molecule has 0 radical (unpaired) electrons. The lowest BCUT2D eigenvalue weighted by atomic mass is 10.1. The Hall–Kier alpha value is -2.73. The largest absolute Gasteiger partial charge is 0.325 e. The van der Waals surface area contributed by atoms with E-state index in [2.05, 4.69) is 20.6 Å². The molecule has 0 aliphatic rings. The van der Waals surface area contributed by atoms with Crippen LogP contribution in [0.4, 0.5) is 16.6 Å². The van der Waals surface area contributed by atoms with E-state index in [-0.39, 0.29) is 12.3 Å². The minimum Gasteiger partial charge on any atom is -0.325 e. The molecule has 2 N–H and O–H groups in total. The molecule has 2 heterocycles. The van der Waals surface area contributed by atoms with Gasteiger partial charge in [0.15, 0.2) is 5.13 Å². The summed E-state index contributed by atoms with van der Waals surface area (Å²) in [6, 6.07) is 9.91. The molecular formula is C19H20N4OS. The summed E-state index contributed by atoms with van der Waals surface area (Å²) in [6.45, 7) is 6.00. The zero-order chi connectivity index (χ0) is 17.8. The van der Waals surface area contributed by atoms with Gasteiger partial charge in [-0.05, 0) is 55.7 Å². The van der Waals surface area contributed by atoms with Crippen LogP contribution in [0.2, 0.25) is 0 Å². The molecule has 0 spiro atoms. The summed E-state index contributed by atoms with van der Waals surface area (Å²) in [7, 11) is 0. The Kier molecular flexibility index (Phi) is 5.09. The SMILES string of the molecule is Cc1ccnc(Nc2nc(CC(=O)Nc3cc(C)ccc3C)cs2)c1. The van der Waals surface area contributed by atoms with Gasteiger partial charge in [-0.3, -0.25) is 4.79 Å². The molecule has 0 fully saturated rings. The maximum absolute atomic E-state index is 12.3. The lowest BCUT2D eigenvalue weighted by Gasteiger charge is -2.08. The van der Waals surface area contributed by atoms with Crippen LogP contribution in [0.25, 0.3) is 0 Å². The number of carbonyl (C=O) groups excluding carboxylic acids is 1. The van der Waals surface area contributed by atoms with Crippen LogP contribution in [0, 0.1) is 20.8 Å². The summed E-state index contributed by atoms with van der Waals surface area (Å²) in [5.74, 6) is 0.681. The number of nitrogens with zero attached hydrogens (tertiary/aromatic N) is 2. The van der Waals surface area contributed by atoms with E-state index in [0.29, 0.717) is 0 Å². The molecule has 3 aromatic rings. The van der Waals surface area contributed by atoms with Crippen molar-refractivity contribution in [3.05, 3.63) is 64.3 Å². The molecule has 5 nitrogen and oxygen atoms in total. The van der Waals surface area contributed by atoms with Crippen molar-refractivity contribution in [3.63, 3.8) is 0 Å². The second-order valence-electron chi connectivity index (χ2n) is 6.03. The second-order valence-corrected chi connectivity index (χ2v) is 6.89. The van der Waals surface area contributed by atoms with Gasteiger partial charge in [0.25, 0.3) is 0 Å². The summed E-state index contributed by atoms with van der Waals surface area (Å²) < 4.78 is 0. The van der Waals surface area contributed by atoms with Crippen LogP contribution in [-0.2, 0) is 11.2 Å². The summed E-state index contributed by atoms with van der Waals surface area (Å²) >= 11 is 1.46. The number of carbonyl (C=O) groups is 1. The molecule has 0 atom stereocenters. The normalized spacial score (nSPS) is 10.5. The number of rotatable bonds is 5. The van der Waals surface area contributed by atoms with E-state index in [9.17, 15) is 4.79 Å². The third-order valence-corrected chi connectivity index (χ3v) is 4.52. The monoisotopic (exact) mass is 352 g/mol. The maximum atomic E-state index is 12.3. The molecular weight excluding hydrogens is 332 g/mol. The van der Waals surface area contributed by atoms with Crippen LogP contribution in [0.15, 0.2) is 41.9 Å². The van der Waals surface area contributed by atoms with Crippen molar-refractivity contribution in [2.45, 2.75) is 27.2 Å². The van der Waals surface area contributed by atoms with Crippen LogP contribution in [0.1, 0.15) is 22.4 Å². The topological polar surface area (TPSA) is 66.9 Å². The number of anilines is 3. The average molecular weight is 352 g/mol. The van der Waals surface area contributed by atoms with Crippen molar-refractivity contribution in [2.24, 2.45) is 0 Å². The summed E-state index contributed by atoms with van der Waals surface area (Å²) in [5.41, 5.74) is 4.88. The molecule has 0 bridgehead atoms. The molecule has 1 amide bonds. The first-order valence-electron chi connectivity index (χ1n) is 8.01. The van der Waals surface area contributed by atoms with E-state index in [1.54, 1.807) is 6.20 Å². The summed E-state index contributed by atoms with van der Waals surface area (Å²) in [6.07, 6.45) is 2.00. The highest BCUT2D eigenvalue weighted by Gasteiger charge is 2.10. The predicted molar refractivity (Wildman–Crippen MR) is 103 cm³/mol. The van der Waals surface area contributed by atoms with Crippen molar-refractivity contribution in [1.82, 2.24) is 9.97 Å². The van der Waals surface area contributed by atoms with Crippen LogP contribution in [0.5, 0.6) is 0 Å². The lowest BCUT2D eigenvalue weighted by Crippen LogP contribution is -2.15. The fourth-order valence-corrected chi connectivity index (χ4v) is 3.11. The summed E-state index contributed by atoms with van der Waals surface area (Å²) in [4.78, 5) is 21.0. The fourth-order valence-electron chi connectivity index (χ4n) is 2.39. The van der Waals surface area contributed by atoms with Crippen LogP contribution in [0.3, 0.4) is 0 Å². The van der Waals surface area contributed by atoms with Crippen molar-refractivity contribution in [1.29, 1.82) is 0 Å². The first kappa shape index (κ1) is 17.1. The smallest absolute Gasteiger partial charge is 0.230 e. The Labute approximate surface area is 151 Å². The number of pyridine rings is 1. The van der Waals surface area contributed by atoms with Crippen molar-refractivity contribution in [2.75, 3.05) is 10.6 Å². The van der Waals surface area contributed by atoms with E-state index < -0.39 is 0 Å². The van der Waals surface area contributed by atoms with Crippen molar-refractivity contribution in [3.8, 4) is 0 Å². The quantitative estimate of drug-likeness (QED) is 0.715. The average Bonchev–Trinajstić information content (AvgIpc) is 2.97. The zero-order valence-corrected chi connectivity index (χ0v) is 15.3. The van der Waals surface area contributed by atoms with E-state index >= 15 is 0 Å². The predicted octanol–water partition coefficient (Wildman–Crippen LogP) is 4.39. The number of benzene rings is 1. The van der Waals surface area contributed by atoms with Crippen molar-refractivity contribution < 1.29 is 4.79 Å². The third kappa shape index (κ3) is 4.64. The summed E-state index contributed by atoms with van der Waals surface area (Å²) in [5, 5.41) is 8.75. The molecule has 25 heavy (non-hydrogen) atoms. The van der Waals surface area contributed by atoms with E-state index in [1.807, 2.05) is 56.5 Å². The molecule has 0 aliphatic carbocycles. The van der Waals surface area contributed by atoms with Crippen LogP contribution in [-0.4, -0.2) is 15.9 Å². The van der Waals surface area contributed by atoms with Gasteiger partial charge in [0, 0.05) is 17.3 Å². The van der Waals surface area contributed by atoms with Gasteiger partial charge in [-0.15, -0.1) is 11.3 Å². The van der Waals surface area contributed by atoms with Crippen LogP contribution < -0.4 is 10.6 Å². The molecule has 0 unspecified atom stereocenters. The Morgan fingerprint density at radius 1 is 1.12 bits per heavy atom. The number of aromatic nitrogens is 2. The number of hydrogen-bond donors (Lipinski definition) is 2. The van der Waals surface area contributed by atoms with Gasteiger partial charge in [-0.25, -0.2) is 9.97 Å². The molecule has 6 heteroatoms. The van der Waals surface area contributed by atoms with E-state index in [4.69, 9.17) is 0 Å². The van der Waals surface area contributed by atoms with Crippen molar-refractivity contribution >= 4 is 33.9 Å². The maximum Gasteiger partial charge on any atom is 0.230 e. The minimum absolute atomic E-state index is 0.0702. The lowest BCUT2D eigenvalue weighted by molar-refractivity contribution is -0.115. The highest BCUT2D eigenvalue weighted by atomic mass is 32.1. The third-order valence-electron chi connectivity index (χ3n) is 3.71. The molecule has 0 aliphatic heterocycles. The van der Waals surface area contributed by atoms with Crippen LogP contribution >= 0.6 is 11.3 Å². The first-order valence-corrected chi connectivity index (χ1v) is 8.89. The first-order chi connectivity index (χ1) is 12.0. The Morgan fingerprint density at radius 2 is 1.92 bits per heavy atom. The number of thiazole rings is 1. The Balaban J connectivity index is 1.62. The van der Waals surface area contributed by atoms with Gasteiger partial charge in [-0.2, -0.15) is 0 Å². The zero-order valence-electron chi connectivity index (χ0n) is 14.5. The van der Waals surface area contributed by atoms with E-state index in [1.165, 1.54) is 11.3 Å². The molecule has 0 saturated carbocycles. The standard InChI is InChI=1S/C19H20N4OS/c1-12-4-5-14(3)16(8-12)22-18(24)10-15-11-25-19(21-15)23-17-9-13(2)6-7-20-17/h4-9,11H,10H2,1-3H3,(H,22,24)(H,20,21,23). The van der Waals surface area contributed by atoms with Gasteiger partial charge in [0.05, 0.1) is 12.1 Å². The molecule has 0 saturated heterocycles. The number of nitrogens with one attached hydrogen (secondary N) is 2. The molecule has 2 aromatic heterocycles.